The molecule has 0 aliphatic heterocycles. The van der Waals surface area contributed by atoms with Gasteiger partial charge in [-0.3, -0.25) is 19.1 Å². The molecule has 0 aliphatic rings. The first-order chi connectivity index (χ1) is 15.8. The van der Waals surface area contributed by atoms with Crippen molar-refractivity contribution in [1.82, 2.24) is 20.4 Å². The highest BCUT2D eigenvalue weighted by Crippen LogP contribution is 2.12. The summed E-state index contributed by atoms with van der Waals surface area (Å²) >= 11 is 0. The first-order valence-electron chi connectivity index (χ1n) is 10.5. The lowest BCUT2D eigenvalue weighted by Gasteiger charge is -2.22. The van der Waals surface area contributed by atoms with E-state index in [0.29, 0.717) is 5.69 Å². The topological polar surface area (TPSA) is 105 Å². The smallest absolute Gasteiger partial charge is 0.251 e. The number of hydrogen-bond acceptors (Lipinski definition) is 4. The third-order valence-electron chi connectivity index (χ3n) is 4.88. The van der Waals surface area contributed by atoms with Gasteiger partial charge in [0.05, 0.1) is 0 Å². The number of amides is 3. The maximum atomic E-state index is 13.1. The summed E-state index contributed by atoms with van der Waals surface area (Å²) in [6.07, 6.45) is 3.30. The minimum absolute atomic E-state index is 0.0950. The minimum Gasteiger partial charge on any atom is -0.350 e. The Bertz CT molecular complexity index is 1100. The van der Waals surface area contributed by atoms with Crippen molar-refractivity contribution in [2.45, 2.75) is 33.0 Å². The number of carbonyl (C=O) groups excluding carboxylic acids is 3. The van der Waals surface area contributed by atoms with E-state index >= 15 is 0 Å². The standard InChI is InChI=1S/C24H26FN5O3/c1-16(2)22(29-23(32)18-7-9-19(25)10-8-18)24(33)26-14-17-5-3-6-20(13-17)28-21(31)15-30-12-4-11-27-30/h3-13,16,22H,14-15H2,1-2H3,(H,26,33)(H,28,31)(H,29,32). The molecule has 3 N–H and O–H groups in total. The summed E-state index contributed by atoms with van der Waals surface area (Å²) in [5.41, 5.74) is 1.66. The number of rotatable bonds is 9. The normalized spacial score (nSPS) is 11.6. The van der Waals surface area contributed by atoms with Crippen LogP contribution in [0.1, 0.15) is 29.8 Å². The summed E-state index contributed by atoms with van der Waals surface area (Å²) in [7, 11) is 0. The van der Waals surface area contributed by atoms with Gasteiger partial charge >= 0.3 is 0 Å². The van der Waals surface area contributed by atoms with E-state index in [0.717, 1.165) is 5.56 Å². The second-order valence-corrected chi connectivity index (χ2v) is 7.87. The van der Waals surface area contributed by atoms with Crippen LogP contribution in [0.4, 0.5) is 10.1 Å². The zero-order valence-electron chi connectivity index (χ0n) is 18.4. The summed E-state index contributed by atoms with van der Waals surface area (Å²) in [4.78, 5) is 37.4. The van der Waals surface area contributed by atoms with Gasteiger partial charge in [0.15, 0.2) is 0 Å². The van der Waals surface area contributed by atoms with E-state index in [1.807, 2.05) is 19.9 Å². The van der Waals surface area contributed by atoms with Gasteiger partial charge in [-0.1, -0.05) is 26.0 Å². The maximum Gasteiger partial charge on any atom is 0.251 e. The Morgan fingerprint density at radius 3 is 2.48 bits per heavy atom. The molecule has 3 amide bonds. The van der Waals surface area contributed by atoms with Gasteiger partial charge < -0.3 is 16.0 Å². The van der Waals surface area contributed by atoms with E-state index in [-0.39, 0.29) is 36.4 Å². The molecule has 0 saturated carbocycles. The van der Waals surface area contributed by atoms with Gasteiger partial charge in [0.25, 0.3) is 5.91 Å². The molecule has 0 fully saturated rings. The molecular formula is C24H26FN5O3. The molecule has 9 heteroatoms. The number of halogens is 1. The van der Waals surface area contributed by atoms with Crippen LogP contribution in [-0.4, -0.2) is 33.5 Å². The number of anilines is 1. The number of benzene rings is 2. The fraction of sp³-hybridized carbons (Fsp3) is 0.250. The Morgan fingerprint density at radius 2 is 1.82 bits per heavy atom. The molecule has 33 heavy (non-hydrogen) atoms. The molecule has 0 radical (unpaired) electrons. The monoisotopic (exact) mass is 451 g/mol. The molecular weight excluding hydrogens is 425 g/mol. The van der Waals surface area contributed by atoms with Crippen molar-refractivity contribution in [3.8, 4) is 0 Å². The van der Waals surface area contributed by atoms with Gasteiger partial charge in [-0.05, 0) is 53.9 Å². The zero-order valence-corrected chi connectivity index (χ0v) is 18.4. The van der Waals surface area contributed by atoms with Crippen molar-refractivity contribution >= 4 is 23.4 Å². The Labute approximate surface area is 191 Å². The SMILES string of the molecule is CC(C)C(NC(=O)c1ccc(F)cc1)C(=O)NCc1cccc(NC(=O)Cn2cccn2)c1. The number of carbonyl (C=O) groups is 3. The van der Waals surface area contributed by atoms with E-state index < -0.39 is 17.8 Å². The van der Waals surface area contributed by atoms with Crippen molar-refractivity contribution in [1.29, 1.82) is 0 Å². The number of nitrogens with one attached hydrogen (secondary N) is 3. The number of aromatic nitrogens is 2. The highest BCUT2D eigenvalue weighted by atomic mass is 19.1. The molecule has 0 spiro atoms. The third kappa shape index (κ3) is 6.99. The lowest BCUT2D eigenvalue weighted by Crippen LogP contribution is -2.49. The second kappa shape index (κ2) is 11.0. The van der Waals surface area contributed by atoms with E-state index in [9.17, 15) is 18.8 Å². The molecule has 0 bridgehead atoms. The van der Waals surface area contributed by atoms with Crippen LogP contribution in [0.3, 0.4) is 0 Å². The predicted octanol–water partition coefficient (Wildman–Crippen LogP) is 2.73. The van der Waals surface area contributed by atoms with E-state index in [1.54, 1.807) is 36.7 Å². The van der Waals surface area contributed by atoms with Crippen molar-refractivity contribution in [2.24, 2.45) is 5.92 Å². The zero-order chi connectivity index (χ0) is 23.8. The first kappa shape index (κ1) is 23.6. The van der Waals surface area contributed by atoms with E-state index in [1.165, 1.54) is 28.9 Å². The Balaban J connectivity index is 1.56. The Morgan fingerprint density at radius 1 is 1.06 bits per heavy atom. The number of hydrogen-bond donors (Lipinski definition) is 3. The largest absolute Gasteiger partial charge is 0.350 e. The highest BCUT2D eigenvalue weighted by Gasteiger charge is 2.24. The fourth-order valence-electron chi connectivity index (χ4n) is 3.16. The van der Waals surface area contributed by atoms with Crippen molar-refractivity contribution in [2.75, 3.05) is 5.32 Å². The molecule has 1 aromatic heterocycles. The fourth-order valence-corrected chi connectivity index (χ4v) is 3.16. The van der Waals surface area contributed by atoms with Gasteiger partial charge in [0.1, 0.15) is 18.4 Å². The van der Waals surface area contributed by atoms with Crippen LogP contribution in [0.25, 0.3) is 0 Å². The third-order valence-corrected chi connectivity index (χ3v) is 4.88. The van der Waals surface area contributed by atoms with Crippen molar-refractivity contribution in [3.63, 3.8) is 0 Å². The molecule has 3 rings (SSSR count). The molecule has 3 aromatic rings. The lowest BCUT2D eigenvalue weighted by atomic mass is 10.0. The summed E-state index contributed by atoms with van der Waals surface area (Å²) in [6.45, 7) is 3.96. The summed E-state index contributed by atoms with van der Waals surface area (Å²) in [5.74, 6) is -1.62. The van der Waals surface area contributed by atoms with Gasteiger partial charge in [-0.25, -0.2) is 4.39 Å². The van der Waals surface area contributed by atoms with Crippen molar-refractivity contribution < 1.29 is 18.8 Å². The van der Waals surface area contributed by atoms with Crippen LogP contribution < -0.4 is 16.0 Å². The molecule has 0 saturated heterocycles. The highest BCUT2D eigenvalue weighted by molar-refractivity contribution is 5.97. The number of nitrogens with zero attached hydrogens (tertiary/aromatic N) is 2. The average molecular weight is 452 g/mol. The molecule has 172 valence electrons. The van der Waals surface area contributed by atoms with Crippen LogP contribution in [0.5, 0.6) is 0 Å². The van der Waals surface area contributed by atoms with Crippen molar-refractivity contribution in [3.05, 3.63) is 83.9 Å². The molecule has 8 nitrogen and oxygen atoms in total. The summed E-state index contributed by atoms with van der Waals surface area (Å²) in [5, 5.41) is 12.3. The Kier molecular flexibility index (Phi) is 7.91. The van der Waals surface area contributed by atoms with Crippen LogP contribution in [0.15, 0.2) is 67.0 Å². The average Bonchev–Trinajstić information content (AvgIpc) is 3.29. The molecule has 1 heterocycles. The minimum atomic E-state index is -0.764. The lowest BCUT2D eigenvalue weighted by molar-refractivity contribution is -0.124. The molecule has 2 aromatic carbocycles. The van der Waals surface area contributed by atoms with Crippen LogP contribution in [-0.2, 0) is 22.7 Å². The summed E-state index contributed by atoms with van der Waals surface area (Å²) in [6, 6.07) is 13.2. The predicted molar refractivity (Wildman–Crippen MR) is 122 cm³/mol. The molecule has 0 aliphatic carbocycles. The van der Waals surface area contributed by atoms with Gasteiger partial charge in [0.2, 0.25) is 11.8 Å². The van der Waals surface area contributed by atoms with Gasteiger partial charge in [0, 0.05) is 30.2 Å². The van der Waals surface area contributed by atoms with E-state index in [2.05, 4.69) is 21.0 Å². The first-order valence-corrected chi connectivity index (χ1v) is 10.5. The molecule has 1 unspecified atom stereocenters. The van der Waals surface area contributed by atoms with Gasteiger partial charge in [-0.2, -0.15) is 5.10 Å². The van der Waals surface area contributed by atoms with Crippen LogP contribution in [0, 0.1) is 11.7 Å². The molecule has 1 atom stereocenters. The van der Waals surface area contributed by atoms with E-state index in [4.69, 9.17) is 0 Å². The van der Waals surface area contributed by atoms with Gasteiger partial charge in [-0.15, -0.1) is 0 Å². The second-order valence-electron chi connectivity index (χ2n) is 7.87. The Hall–Kier alpha value is -4.01. The van der Waals surface area contributed by atoms with Crippen LogP contribution in [0.2, 0.25) is 0 Å². The van der Waals surface area contributed by atoms with Crippen LogP contribution >= 0.6 is 0 Å². The summed E-state index contributed by atoms with van der Waals surface area (Å²) < 4.78 is 14.6. The quantitative estimate of drug-likeness (QED) is 0.465. The maximum absolute atomic E-state index is 13.1.